The van der Waals surface area contributed by atoms with Gasteiger partial charge in [-0.1, -0.05) is 0 Å². The lowest BCUT2D eigenvalue weighted by Crippen LogP contribution is -2.45. The van der Waals surface area contributed by atoms with Gasteiger partial charge in [-0.3, -0.25) is 4.79 Å². The van der Waals surface area contributed by atoms with Crippen molar-refractivity contribution in [3.8, 4) is 0 Å². The summed E-state index contributed by atoms with van der Waals surface area (Å²) in [5, 5.41) is 3.11. The molecular weight excluding hydrogens is 422 g/mol. The number of nitrogens with one attached hydrogen (secondary N) is 1. The Morgan fingerprint density at radius 1 is 1.09 bits per heavy atom. The van der Waals surface area contributed by atoms with Crippen LogP contribution in [0.15, 0.2) is 36.9 Å². The number of aromatic nitrogens is 4. The van der Waals surface area contributed by atoms with Crippen LogP contribution in [0.1, 0.15) is 46.9 Å². The number of nitrogen functional groups attached to an aromatic ring is 1. The average molecular weight is 452 g/mol. The fourth-order valence-electron chi connectivity index (χ4n) is 4.07. The Kier molecular flexibility index (Phi) is 7.13. The average Bonchev–Trinajstić information content (AvgIpc) is 3.25. The zero-order valence-corrected chi connectivity index (χ0v) is 18.7. The number of carbonyl (C=O) groups excluding carboxylic acids is 2. The SMILES string of the molecule is CCOC(=O)c1ccc(C(=O)NC2CCN(CCCn3cnc4c(N)ncnc43)CC2)cc1. The van der Waals surface area contributed by atoms with Crippen LogP contribution in [-0.4, -0.2) is 68.6 Å². The molecule has 0 unspecified atom stereocenters. The van der Waals surface area contributed by atoms with Gasteiger partial charge in [0.25, 0.3) is 5.91 Å². The zero-order chi connectivity index (χ0) is 23.2. The number of piperidine rings is 1. The number of fused-ring (bicyclic) bond motifs is 1. The number of aryl methyl sites for hydroxylation is 1. The molecule has 3 heterocycles. The van der Waals surface area contributed by atoms with Gasteiger partial charge >= 0.3 is 5.97 Å². The highest BCUT2D eigenvalue weighted by Crippen LogP contribution is 2.16. The predicted molar refractivity (Wildman–Crippen MR) is 124 cm³/mol. The number of benzene rings is 1. The first-order valence-corrected chi connectivity index (χ1v) is 11.3. The molecule has 0 saturated carbocycles. The van der Waals surface area contributed by atoms with Crippen molar-refractivity contribution >= 4 is 28.9 Å². The summed E-state index contributed by atoms with van der Waals surface area (Å²) in [5.74, 6) is -0.0922. The molecule has 4 rings (SSSR count). The van der Waals surface area contributed by atoms with Gasteiger partial charge < -0.3 is 25.3 Å². The highest BCUT2D eigenvalue weighted by Gasteiger charge is 2.21. The third-order valence-corrected chi connectivity index (χ3v) is 5.88. The van der Waals surface area contributed by atoms with Gasteiger partial charge in [-0.25, -0.2) is 19.7 Å². The largest absolute Gasteiger partial charge is 0.462 e. The Morgan fingerprint density at radius 2 is 1.82 bits per heavy atom. The van der Waals surface area contributed by atoms with Gasteiger partial charge in [0.1, 0.15) is 11.8 Å². The van der Waals surface area contributed by atoms with E-state index in [1.807, 2.05) is 4.57 Å². The second-order valence-corrected chi connectivity index (χ2v) is 8.11. The third-order valence-electron chi connectivity index (χ3n) is 5.88. The van der Waals surface area contributed by atoms with Crippen molar-refractivity contribution in [1.29, 1.82) is 0 Å². The summed E-state index contributed by atoms with van der Waals surface area (Å²) in [5.41, 5.74) is 8.24. The first-order valence-electron chi connectivity index (χ1n) is 11.3. The van der Waals surface area contributed by atoms with Crippen LogP contribution in [-0.2, 0) is 11.3 Å². The number of imidazole rings is 1. The summed E-state index contributed by atoms with van der Waals surface area (Å²) >= 11 is 0. The van der Waals surface area contributed by atoms with E-state index in [1.165, 1.54) is 6.33 Å². The van der Waals surface area contributed by atoms with Crippen LogP contribution < -0.4 is 11.1 Å². The molecule has 2 aromatic heterocycles. The van der Waals surface area contributed by atoms with E-state index >= 15 is 0 Å². The predicted octanol–water partition coefficient (Wildman–Crippen LogP) is 1.87. The number of anilines is 1. The van der Waals surface area contributed by atoms with E-state index in [-0.39, 0.29) is 17.9 Å². The number of amides is 1. The molecule has 0 radical (unpaired) electrons. The van der Waals surface area contributed by atoms with E-state index in [2.05, 4.69) is 25.2 Å². The minimum atomic E-state index is -0.379. The smallest absolute Gasteiger partial charge is 0.338 e. The molecule has 1 aromatic carbocycles. The first kappa shape index (κ1) is 22.7. The van der Waals surface area contributed by atoms with Crippen molar-refractivity contribution in [3.63, 3.8) is 0 Å². The molecule has 3 N–H and O–H groups in total. The van der Waals surface area contributed by atoms with Gasteiger partial charge in [0, 0.05) is 31.2 Å². The van der Waals surface area contributed by atoms with Gasteiger partial charge in [0.15, 0.2) is 11.5 Å². The standard InChI is InChI=1S/C23H29N7O3/c1-2-33-23(32)17-6-4-16(5-7-17)22(31)28-18-8-12-29(13-9-18)10-3-11-30-15-27-19-20(24)25-14-26-21(19)30/h4-7,14-15,18H,2-3,8-13H2,1H3,(H,28,31)(H2,24,25,26). The number of rotatable bonds is 8. The maximum absolute atomic E-state index is 12.6. The molecule has 0 bridgehead atoms. The Labute approximate surface area is 192 Å². The van der Waals surface area contributed by atoms with Gasteiger partial charge in [0.2, 0.25) is 0 Å². The Balaban J connectivity index is 1.20. The Bertz CT molecular complexity index is 1100. The zero-order valence-electron chi connectivity index (χ0n) is 18.7. The molecule has 3 aromatic rings. The van der Waals surface area contributed by atoms with Crippen LogP contribution in [0.25, 0.3) is 11.2 Å². The summed E-state index contributed by atoms with van der Waals surface area (Å²) in [6, 6.07) is 6.72. The number of nitrogens with two attached hydrogens (primary N) is 1. The van der Waals surface area contributed by atoms with Crippen molar-refractivity contribution in [2.75, 3.05) is 32.0 Å². The first-order chi connectivity index (χ1) is 16.0. The minimum absolute atomic E-state index is 0.114. The van der Waals surface area contributed by atoms with Crippen LogP contribution in [0.3, 0.4) is 0 Å². The summed E-state index contributed by atoms with van der Waals surface area (Å²) < 4.78 is 6.98. The van der Waals surface area contributed by atoms with Crippen molar-refractivity contribution in [3.05, 3.63) is 48.0 Å². The molecule has 1 aliphatic rings. The molecule has 10 heteroatoms. The molecular formula is C23H29N7O3. The van der Waals surface area contributed by atoms with Crippen LogP contribution >= 0.6 is 0 Å². The maximum Gasteiger partial charge on any atom is 0.338 e. The molecule has 0 aliphatic carbocycles. The van der Waals surface area contributed by atoms with Gasteiger partial charge in [0.05, 0.1) is 18.5 Å². The second-order valence-electron chi connectivity index (χ2n) is 8.11. The number of likely N-dealkylation sites (tertiary alicyclic amines) is 1. The normalized spacial score (nSPS) is 14.9. The minimum Gasteiger partial charge on any atom is -0.462 e. The highest BCUT2D eigenvalue weighted by molar-refractivity contribution is 5.96. The fraction of sp³-hybridized carbons (Fsp3) is 0.435. The van der Waals surface area contributed by atoms with E-state index in [0.717, 1.165) is 51.1 Å². The molecule has 10 nitrogen and oxygen atoms in total. The number of esters is 1. The molecule has 33 heavy (non-hydrogen) atoms. The van der Waals surface area contributed by atoms with Gasteiger partial charge in [-0.2, -0.15) is 0 Å². The van der Waals surface area contributed by atoms with Crippen molar-refractivity contribution in [2.24, 2.45) is 0 Å². The Hall–Kier alpha value is -3.53. The quantitative estimate of drug-likeness (QED) is 0.497. The molecule has 0 spiro atoms. The van der Waals surface area contributed by atoms with E-state index in [9.17, 15) is 9.59 Å². The number of carbonyl (C=O) groups is 2. The van der Waals surface area contributed by atoms with Crippen LogP contribution in [0.2, 0.25) is 0 Å². The topological polar surface area (TPSA) is 128 Å². The monoisotopic (exact) mass is 451 g/mol. The highest BCUT2D eigenvalue weighted by atomic mass is 16.5. The second kappa shape index (κ2) is 10.4. The number of ether oxygens (including phenoxy) is 1. The number of hydrogen-bond acceptors (Lipinski definition) is 8. The fourth-order valence-corrected chi connectivity index (χ4v) is 4.07. The Morgan fingerprint density at radius 3 is 2.55 bits per heavy atom. The lowest BCUT2D eigenvalue weighted by Gasteiger charge is -2.32. The summed E-state index contributed by atoms with van der Waals surface area (Å²) in [6.07, 6.45) is 6.01. The summed E-state index contributed by atoms with van der Waals surface area (Å²) in [4.78, 5) is 39.3. The van der Waals surface area contributed by atoms with E-state index < -0.39 is 0 Å². The van der Waals surface area contributed by atoms with E-state index in [1.54, 1.807) is 37.5 Å². The van der Waals surface area contributed by atoms with Gasteiger partial charge in [-0.15, -0.1) is 0 Å². The molecule has 1 amide bonds. The van der Waals surface area contributed by atoms with Crippen LogP contribution in [0, 0.1) is 0 Å². The van der Waals surface area contributed by atoms with Crippen molar-refractivity contribution < 1.29 is 14.3 Å². The lowest BCUT2D eigenvalue weighted by molar-refractivity contribution is 0.0526. The molecule has 1 fully saturated rings. The van der Waals surface area contributed by atoms with E-state index in [0.29, 0.717) is 29.1 Å². The summed E-state index contributed by atoms with van der Waals surface area (Å²) in [7, 11) is 0. The van der Waals surface area contributed by atoms with Crippen molar-refractivity contribution in [1.82, 2.24) is 29.7 Å². The molecule has 174 valence electrons. The number of nitrogens with zero attached hydrogens (tertiary/aromatic N) is 5. The van der Waals surface area contributed by atoms with E-state index in [4.69, 9.17) is 10.5 Å². The molecule has 0 atom stereocenters. The van der Waals surface area contributed by atoms with Gasteiger partial charge in [-0.05, 0) is 57.0 Å². The lowest BCUT2D eigenvalue weighted by atomic mass is 10.0. The van der Waals surface area contributed by atoms with Crippen LogP contribution in [0.5, 0.6) is 0 Å². The van der Waals surface area contributed by atoms with Crippen molar-refractivity contribution in [2.45, 2.75) is 38.8 Å². The van der Waals surface area contributed by atoms with Crippen LogP contribution in [0.4, 0.5) is 5.82 Å². The number of hydrogen-bond donors (Lipinski definition) is 2. The molecule has 1 saturated heterocycles. The molecule has 1 aliphatic heterocycles. The summed E-state index contributed by atoms with van der Waals surface area (Å²) in [6.45, 7) is 5.74. The maximum atomic E-state index is 12.6. The third kappa shape index (κ3) is 5.46.